The van der Waals surface area contributed by atoms with E-state index in [1.807, 2.05) is 0 Å². The molecule has 1 saturated heterocycles. The smallest absolute Gasteiger partial charge is 0.223 e. The van der Waals surface area contributed by atoms with E-state index in [0.29, 0.717) is 12.3 Å². The van der Waals surface area contributed by atoms with Gasteiger partial charge < -0.3 is 4.90 Å². The molecule has 1 atom stereocenters. The Morgan fingerprint density at radius 2 is 2.00 bits per heavy atom. The highest BCUT2D eigenvalue weighted by Gasteiger charge is 2.35. The molecular weight excluding hydrogens is 358 g/mol. The molecule has 4 heteroatoms. The molecule has 1 aromatic carbocycles. The quantitative estimate of drug-likeness (QED) is 0.667. The highest BCUT2D eigenvalue weighted by atomic mass is 79.9. The minimum absolute atomic E-state index is 0.287. The van der Waals surface area contributed by atoms with Gasteiger partial charge >= 0.3 is 0 Å². The van der Waals surface area contributed by atoms with E-state index in [0.717, 1.165) is 41.2 Å². The Morgan fingerprint density at radius 1 is 1.17 bits per heavy atom. The molecule has 2 aliphatic rings. The predicted molar refractivity (Wildman–Crippen MR) is 78.5 cm³/mol. The summed E-state index contributed by atoms with van der Waals surface area (Å²) in [6.07, 6.45) is 5.06. The topological polar surface area (TPSA) is 20.3 Å². The largest absolute Gasteiger partial charge is 0.336 e. The van der Waals surface area contributed by atoms with Crippen LogP contribution in [0.5, 0.6) is 0 Å². The second-order valence-electron chi connectivity index (χ2n) is 5.06. The fraction of sp³-hybridized carbons (Fsp3) is 0.500. The van der Waals surface area contributed by atoms with Crippen LogP contribution in [0.2, 0.25) is 0 Å². The van der Waals surface area contributed by atoms with Crippen LogP contribution in [0.4, 0.5) is 0 Å². The van der Waals surface area contributed by atoms with Crippen molar-refractivity contribution < 1.29 is 4.79 Å². The van der Waals surface area contributed by atoms with Gasteiger partial charge in [0, 0.05) is 21.9 Å². The van der Waals surface area contributed by atoms with Gasteiger partial charge in [0.2, 0.25) is 5.91 Å². The zero-order valence-electron chi connectivity index (χ0n) is 10.1. The lowest BCUT2D eigenvalue weighted by Gasteiger charge is -2.30. The molecule has 2 aliphatic heterocycles. The Hall–Kier alpha value is -0.350. The molecule has 3 rings (SSSR count). The van der Waals surface area contributed by atoms with Crippen LogP contribution in [0.3, 0.4) is 0 Å². The molecule has 2 nitrogen and oxygen atoms in total. The molecule has 1 aromatic rings. The number of aryl methyl sites for hydroxylation is 1. The summed E-state index contributed by atoms with van der Waals surface area (Å²) in [5.74, 6) is 0.322. The monoisotopic (exact) mass is 371 g/mol. The number of nitrogens with zero attached hydrogens (tertiary/aromatic N) is 1. The molecule has 96 valence electrons. The van der Waals surface area contributed by atoms with Gasteiger partial charge in [-0.3, -0.25) is 4.79 Å². The van der Waals surface area contributed by atoms with Crippen LogP contribution < -0.4 is 0 Å². The summed E-state index contributed by atoms with van der Waals surface area (Å²) >= 11 is 7.24. The lowest BCUT2D eigenvalue weighted by Crippen LogP contribution is -2.30. The van der Waals surface area contributed by atoms with E-state index in [4.69, 9.17) is 0 Å². The van der Waals surface area contributed by atoms with E-state index in [9.17, 15) is 4.79 Å². The Labute approximate surface area is 124 Å². The zero-order valence-corrected chi connectivity index (χ0v) is 13.3. The van der Waals surface area contributed by atoms with Gasteiger partial charge in [-0.15, -0.1) is 0 Å². The Balaban J connectivity index is 2.11. The van der Waals surface area contributed by atoms with Gasteiger partial charge in [-0.05, 0) is 48.9 Å². The first-order valence-corrected chi connectivity index (χ1v) is 8.02. The summed E-state index contributed by atoms with van der Waals surface area (Å²) in [6, 6.07) is 4.60. The third-order valence-electron chi connectivity index (χ3n) is 3.94. The van der Waals surface area contributed by atoms with Crippen LogP contribution >= 0.6 is 31.9 Å². The molecule has 0 saturated carbocycles. The van der Waals surface area contributed by atoms with Crippen LogP contribution in [0.1, 0.15) is 42.9 Å². The summed E-state index contributed by atoms with van der Waals surface area (Å²) in [5, 5.41) is 0. The summed E-state index contributed by atoms with van der Waals surface area (Å²) in [5.41, 5.74) is 2.73. The number of benzene rings is 1. The molecule has 0 aromatic heterocycles. The van der Waals surface area contributed by atoms with E-state index in [1.165, 1.54) is 11.1 Å². The van der Waals surface area contributed by atoms with Crippen molar-refractivity contribution in [1.29, 1.82) is 0 Å². The first kappa shape index (κ1) is 12.7. The molecule has 0 N–H and O–H groups in total. The van der Waals surface area contributed by atoms with E-state index in [1.54, 1.807) is 0 Å². The molecule has 0 spiro atoms. The number of hydrogen-bond donors (Lipinski definition) is 0. The number of halogens is 2. The van der Waals surface area contributed by atoms with Crippen LogP contribution in [0, 0.1) is 0 Å². The predicted octanol–water partition coefficient (Wildman–Crippen LogP) is 4.21. The maximum atomic E-state index is 12.0. The van der Waals surface area contributed by atoms with Crippen molar-refractivity contribution in [2.75, 3.05) is 6.54 Å². The standard InChI is InChI=1S/C14H15Br2NO/c15-10-7-9-3-1-2-6-17-12(4-5-13(17)18)14(9)11(16)8-10/h7-8,12H,1-6H2. The lowest BCUT2D eigenvalue weighted by molar-refractivity contribution is -0.129. The van der Waals surface area contributed by atoms with Crippen LogP contribution in [0.25, 0.3) is 0 Å². The average molecular weight is 373 g/mol. The first-order chi connectivity index (χ1) is 8.66. The fourth-order valence-corrected chi connectivity index (χ4v) is 4.71. The zero-order chi connectivity index (χ0) is 12.7. The molecule has 0 bridgehead atoms. The van der Waals surface area contributed by atoms with Crippen molar-refractivity contribution in [3.05, 3.63) is 32.2 Å². The van der Waals surface area contributed by atoms with Crippen molar-refractivity contribution in [2.24, 2.45) is 0 Å². The van der Waals surface area contributed by atoms with Gasteiger partial charge in [-0.25, -0.2) is 0 Å². The lowest BCUT2D eigenvalue weighted by atomic mass is 9.93. The number of carbonyl (C=O) groups excluding carboxylic acids is 1. The molecule has 0 radical (unpaired) electrons. The van der Waals surface area contributed by atoms with E-state index >= 15 is 0 Å². The molecule has 1 fully saturated rings. The number of hydrogen-bond acceptors (Lipinski definition) is 1. The van der Waals surface area contributed by atoms with E-state index in [-0.39, 0.29) is 6.04 Å². The first-order valence-electron chi connectivity index (χ1n) is 6.44. The summed E-state index contributed by atoms with van der Waals surface area (Å²) in [6.45, 7) is 0.922. The molecule has 0 aliphatic carbocycles. The molecule has 1 unspecified atom stereocenters. The summed E-state index contributed by atoms with van der Waals surface area (Å²) in [4.78, 5) is 14.0. The summed E-state index contributed by atoms with van der Waals surface area (Å²) < 4.78 is 2.25. The second-order valence-corrected chi connectivity index (χ2v) is 6.83. The second kappa shape index (κ2) is 4.97. The maximum absolute atomic E-state index is 12.0. The molecular formula is C14H15Br2NO. The van der Waals surface area contributed by atoms with Crippen LogP contribution in [0.15, 0.2) is 21.1 Å². The Kier molecular flexibility index (Phi) is 3.50. The van der Waals surface area contributed by atoms with Crippen molar-refractivity contribution in [3.63, 3.8) is 0 Å². The van der Waals surface area contributed by atoms with Crippen molar-refractivity contribution in [3.8, 4) is 0 Å². The Morgan fingerprint density at radius 3 is 2.83 bits per heavy atom. The highest BCUT2D eigenvalue weighted by Crippen LogP contribution is 2.41. The van der Waals surface area contributed by atoms with Crippen molar-refractivity contribution in [2.45, 2.75) is 38.1 Å². The number of fused-ring (bicyclic) bond motifs is 3. The van der Waals surface area contributed by atoms with E-state index in [2.05, 4.69) is 48.9 Å². The third-order valence-corrected chi connectivity index (χ3v) is 5.05. The van der Waals surface area contributed by atoms with Gasteiger partial charge in [0.1, 0.15) is 0 Å². The van der Waals surface area contributed by atoms with Gasteiger partial charge in [-0.1, -0.05) is 31.9 Å². The molecule has 1 amide bonds. The van der Waals surface area contributed by atoms with Crippen molar-refractivity contribution in [1.82, 2.24) is 4.90 Å². The molecule has 2 heterocycles. The van der Waals surface area contributed by atoms with Crippen LogP contribution in [-0.2, 0) is 11.2 Å². The SMILES string of the molecule is O=C1CCC2c3c(Br)cc(Br)cc3CCCCN12. The van der Waals surface area contributed by atoms with Crippen molar-refractivity contribution >= 4 is 37.8 Å². The van der Waals surface area contributed by atoms with Gasteiger partial charge in [-0.2, -0.15) is 0 Å². The molecule has 18 heavy (non-hydrogen) atoms. The minimum Gasteiger partial charge on any atom is -0.336 e. The summed E-state index contributed by atoms with van der Waals surface area (Å²) in [7, 11) is 0. The number of rotatable bonds is 0. The number of carbonyl (C=O) groups is 1. The van der Waals surface area contributed by atoms with E-state index < -0.39 is 0 Å². The fourth-order valence-electron chi connectivity index (χ4n) is 3.13. The van der Waals surface area contributed by atoms with Gasteiger partial charge in [0.25, 0.3) is 0 Å². The highest BCUT2D eigenvalue weighted by molar-refractivity contribution is 9.11. The normalized spacial score (nSPS) is 23.3. The maximum Gasteiger partial charge on any atom is 0.223 e. The average Bonchev–Trinajstić information content (AvgIpc) is 2.62. The number of amides is 1. The third kappa shape index (κ3) is 2.14. The minimum atomic E-state index is 0.287. The van der Waals surface area contributed by atoms with Gasteiger partial charge in [0.15, 0.2) is 0 Å². The van der Waals surface area contributed by atoms with Gasteiger partial charge in [0.05, 0.1) is 6.04 Å². The van der Waals surface area contributed by atoms with Crippen LogP contribution in [-0.4, -0.2) is 17.4 Å². The Bertz CT molecular complexity index is 501.